The summed E-state index contributed by atoms with van der Waals surface area (Å²) in [5, 5.41) is 17.7. The van der Waals surface area contributed by atoms with Crippen LogP contribution in [0.1, 0.15) is 24.8 Å². The van der Waals surface area contributed by atoms with Gasteiger partial charge in [0.2, 0.25) is 0 Å². The Kier molecular flexibility index (Phi) is 8.35. The van der Waals surface area contributed by atoms with Gasteiger partial charge in [-0.05, 0) is 24.6 Å². The summed E-state index contributed by atoms with van der Waals surface area (Å²) in [6, 6.07) is 8.33. The summed E-state index contributed by atoms with van der Waals surface area (Å²) in [6.45, 7) is 2.78. The van der Waals surface area contributed by atoms with Gasteiger partial charge in [-0.15, -0.1) is 0 Å². The second-order valence-electron chi connectivity index (χ2n) is 3.25. The van der Waals surface area contributed by atoms with Crippen LogP contribution in [0.25, 0.3) is 0 Å². The van der Waals surface area contributed by atoms with E-state index < -0.39 is 5.92 Å². The van der Waals surface area contributed by atoms with Crippen molar-refractivity contribution >= 4 is 6.29 Å². The van der Waals surface area contributed by atoms with Gasteiger partial charge in [0.1, 0.15) is 12.0 Å². The van der Waals surface area contributed by atoms with E-state index in [0.717, 1.165) is 18.5 Å². The largest absolute Gasteiger partial charge is 0.508 e. The fraction of sp³-hybridized carbons (Fsp3) is 0.385. The number of benzene rings is 1. The van der Waals surface area contributed by atoms with E-state index in [9.17, 15) is 4.79 Å². The third kappa shape index (κ3) is 6.33. The highest BCUT2D eigenvalue weighted by atomic mass is 16.5. The minimum atomic E-state index is -0.405. The molecular weight excluding hydrogens is 218 g/mol. The Labute approximate surface area is 101 Å². The van der Waals surface area contributed by atoms with Crippen LogP contribution in [0.2, 0.25) is 0 Å². The molecule has 0 aliphatic heterocycles. The van der Waals surface area contributed by atoms with Crippen molar-refractivity contribution in [3.05, 3.63) is 29.8 Å². The second kappa shape index (κ2) is 9.37. The Balaban J connectivity index is 0.000000557. The number of ether oxygens (including phenoxy) is 1. The van der Waals surface area contributed by atoms with E-state index in [2.05, 4.69) is 4.74 Å². The van der Waals surface area contributed by atoms with Gasteiger partial charge in [-0.1, -0.05) is 12.1 Å². The van der Waals surface area contributed by atoms with Crippen LogP contribution in [0.4, 0.5) is 0 Å². The number of methoxy groups -OCH3 is 1. The third-order valence-electron chi connectivity index (χ3n) is 2.07. The lowest BCUT2D eigenvalue weighted by atomic mass is 9.98. The number of nitrogens with zero attached hydrogens (tertiary/aromatic N) is 1. The van der Waals surface area contributed by atoms with Gasteiger partial charge in [0.15, 0.2) is 0 Å². The minimum Gasteiger partial charge on any atom is -0.508 e. The fourth-order valence-electron chi connectivity index (χ4n) is 1.07. The van der Waals surface area contributed by atoms with Gasteiger partial charge >= 0.3 is 0 Å². The lowest BCUT2D eigenvalue weighted by molar-refractivity contribution is -0.107. The standard InChI is InChI=1S/C10H9NO2.C3H8O/c11-7-9(5-6-12)8-1-3-10(13)4-2-8;1-3-4-2/h1-4,6,9,13H,5H2;3H2,1-2H3. The smallest absolute Gasteiger partial charge is 0.121 e. The molecule has 0 spiro atoms. The first-order chi connectivity index (χ1) is 8.19. The number of carbonyl (C=O) groups excluding carboxylic acids is 1. The molecule has 0 amide bonds. The Hall–Kier alpha value is -1.86. The van der Waals surface area contributed by atoms with Crippen LogP contribution in [0.5, 0.6) is 5.75 Å². The van der Waals surface area contributed by atoms with Crippen molar-refractivity contribution in [2.75, 3.05) is 13.7 Å². The average molecular weight is 235 g/mol. The van der Waals surface area contributed by atoms with Crippen molar-refractivity contribution in [2.24, 2.45) is 0 Å². The molecule has 4 heteroatoms. The summed E-state index contributed by atoms with van der Waals surface area (Å²) in [5.41, 5.74) is 0.757. The van der Waals surface area contributed by atoms with Crippen molar-refractivity contribution < 1.29 is 14.6 Å². The molecule has 1 aromatic carbocycles. The predicted octanol–water partition coefficient (Wildman–Crippen LogP) is 2.24. The van der Waals surface area contributed by atoms with Crippen molar-refractivity contribution in [3.8, 4) is 11.8 Å². The van der Waals surface area contributed by atoms with Gasteiger partial charge < -0.3 is 14.6 Å². The molecule has 1 atom stereocenters. The number of hydrogen-bond donors (Lipinski definition) is 1. The Morgan fingerprint density at radius 2 is 2.00 bits per heavy atom. The van der Waals surface area contributed by atoms with Crippen LogP contribution < -0.4 is 0 Å². The summed E-state index contributed by atoms with van der Waals surface area (Å²) in [4.78, 5) is 10.2. The van der Waals surface area contributed by atoms with Gasteiger partial charge in [0.05, 0.1) is 12.0 Å². The van der Waals surface area contributed by atoms with Crippen LogP contribution in [0.15, 0.2) is 24.3 Å². The van der Waals surface area contributed by atoms with Crippen molar-refractivity contribution in [3.63, 3.8) is 0 Å². The molecule has 0 saturated carbocycles. The van der Waals surface area contributed by atoms with Gasteiger partial charge in [-0.3, -0.25) is 0 Å². The highest BCUT2D eigenvalue weighted by Crippen LogP contribution is 2.19. The Morgan fingerprint density at radius 1 is 1.47 bits per heavy atom. The molecule has 1 unspecified atom stereocenters. The monoisotopic (exact) mass is 235 g/mol. The van der Waals surface area contributed by atoms with Crippen LogP contribution in [0, 0.1) is 11.3 Å². The number of aldehydes is 1. The van der Waals surface area contributed by atoms with E-state index in [1.165, 1.54) is 12.1 Å². The van der Waals surface area contributed by atoms with Crippen molar-refractivity contribution in [2.45, 2.75) is 19.3 Å². The molecular formula is C13H17NO3. The topological polar surface area (TPSA) is 70.3 Å². The Bertz CT molecular complexity index is 352. The molecule has 1 N–H and O–H groups in total. The minimum absolute atomic E-state index is 0.159. The van der Waals surface area contributed by atoms with E-state index in [1.807, 2.05) is 13.0 Å². The molecule has 1 rings (SSSR count). The molecule has 0 fully saturated rings. The zero-order chi connectivity index (χ0) is 13.1. The molecule has 92 valence electrons. The molecule has 0 radical (unpaired) electrons. The van der Waals surface area contributed by atoms with Gasteiger partial charge in [0.25, 0.3) is 0 Å². The van der Waals surface area contributed by atoms with Crippen LogP contribution >= 0.6 is 0 Å². The molecule has 0 aliphatic carbocycles. The normalized spacial score (nSPS) is 10.6. The Morgan fingerprint density at radius 3 is 2.35 bits per heavy atom. The highest BCUT2D eigenvalue weighted by molar-refractivity contribution is 5.53. The summed E-state index contributed by atoms with van der Waals surface area (Å²) in [5.74, 6) is -0.246. The van der Waals surface area contributed by atoms with E-state index >= 15 is 0 Å². The molecule has 1 aromatic rings. The molecule has 4 nitrogen and oxygen atoms in total. The molecule has 0 aliphatic rings. The fourth-order valence-corrected chi connectivity index (χ4v) is 1.07. The number of phenols is 1. The quantitative estimate of drug-likeness (QED) is 0.812. The summed E-state index contributed by atoms with van der Waals surface area (Å²) in [6.07, 6.45) is 0.919. The lowest BCUT2D eigenvalue weighted by Crippen LogP contribution is -1.95. The number of phenolic OH excluding ortho intramolecular Hbond substituents is 1. The predicted molar refractivity (Wildman–Crippen MR) is 64.7 cm³/mol. The van der Waals surface area contributed by atoms with Gasteiger partial charge in [-0.2, -0.15) is 5.26 Å². The SMILES string of the molecule is CCOC.N#CC(CC=O)c1ccc(O)cc1. The molecule has 0 heterocycles. The molecule has 0 aromatic heterocycles. The van der Waals surface area contributed by atoms with E-state index in [4.69, 9.17) is 10.4 Å². The second-order valence-corrected chi connectivity index (χ2v) is 3.25. The van der Waals surface area contributed by atoms with Crippen LogP contribution in [-0.4, -0.2) is 25.1 Å². The summed E-state index contributed by atoms with van der Waals surface area (Å²) >= 11 is 0. The average Bonchev–Trinajstić information content (AvgIpc) is 2.37. The maximum absolute atomic E-state index is 10.2. The van der Waals surface area contributed by atoms with E-state index in [1.54, 1.807) is 19.2 Å². The summed E-state index contributed by atoms with van der Waals surface area (Å²) < 4.78 is 4.54. The van der Waals surface area contributed by atoms with Crippen molar-refractivity contribution in [1.82, 2.24) is 0 Å². The number of aromatic hydroxyl groups is 1. The third-order valence-corrected chi connectivity index (χ3v) is 2.07. The van der Waals surface area contributed by atoms with Gasteiger partial charge in [0, 0.05) is 20.1 Å². The maximum Gasteiger partial charge on any atom is 0.121 e. The molecule has 0 saturated heterocycles. The number of hydrogen-bond acceptors (Lipinski definition) is 4. The number of carbonyl (C=O) groups is 1. The first-order valence-electron chi connectivity index (χ1n) is 5.30. The first-order valence-corrected chi connectivity index (χ1v) is 5.30. The highest BCUT2D eigenvalue weighted by Gasteiger charge is 2.08. The van der Waals surface area contributed by atoms with Gasteiger partial charge in [-0.25, -0.2) is 0 Å². The van der Waals surface area contributed by atoms with Crippen LogP contribution in [0.3, 0.4) is 0 Å². The van der Waals surface area contributed by atoms with Crippen LogP contribution in [-0.2, 0) is 9.53 Å². The number of rotatable bonds is 4. The van der Waals surface area contributed by atoms with E-state index in [0.29, 0.717) is 0 Å². The zero-order valence-electron chi connectivity index (χ0n) is 10.1. The lowest BCUT2D eigenvalue weighted by Gasteiger charge is -2.04. The zero-order valence-corrected chi connectivity index (χ0v) is 10.1. The first kappa shape index (κ1) is 15.1. The number of nitriles is 1. The molecule has 17 heavy (non-hydrogen) atoms. The van der Waals surface area contributed by atoms with E-state index in [-0.39, 0.29) is 12.2 Å². The van der Waals surface area contributed by atoms with Crippen molar-refractivity contribution in [1.29, 1.82) is 5.26 Å². The molecule has 0 bridgehead atoms. The maximum atomic E-state index is 10.2. The summed E-state index contributed by atoms with van der Waals surface area (Å²) in [7, 11) is 1.68.